The quantitative estimate of drug-likeness (QED) is 0.610. The highest BCUT2D eigenvalue weighted by Gasteiger charge is 2.16. The van der Waals surface area contributed by atoms with Gasteiger partial charge in [-0.3, -0.25) is 19.4 Å². The van der Waals surface area contributed by atoms with Crippen molar-refractivity contribution in [1.29, 1.82) is 0 Å². The zero-order chi connectivity index (χ0) is 16.4. The van der Waals surface area contributed by atoms with Crippen LogP contribution in [0.25, 0.3) is 0 Å². The number of anilines is 2. The Bertz CT molecular complexity index is 870. The van der Waals surface area contributed by atoms with E-state index in [-0.39, 0.29) is 24.6 Å². The van der Waals surface area contributed by atoms with Crippen molar-refractivity contribution in [3.63, 3.8) is 0 Å². The van der Waals surface area contributed by atoms with Gasteiger partial charge >= 0.3 is 5.69 Å². The van der Waals surface area contributed by atoms with Gasteiger partial charge in [0.05, 0.1) is 12.1 Å². The summed E-state index contributed by atoms with van der Waals surface area (Å²) in [7, 11) is 0. The molecule has 0 saturated heterocycles. The summed E-state index contributed by atoms with van der Waals surface area (Å²) in [6.45, 7) is -0.0470. The largest absolute Gasteiger partial charge is 0.482 e. The molecule has 0 aliphatic carbocycles. The van der Waals surface area contributed by atoms with Crippen LogP contribution in [-0.2, 0) is 16.0 Å². The van der Waals surface area contributed by atoms with Gasteiger partial charge in [0, 0.05) is 17.4 Å². The average molecular weight is 316 g/mol. The molecule has 0 bridgehead atoms. The van der Waals surface area contributed by atoms with E-state index in [0.29, 0.717) is 17.1 Å². The Kier molecular flexibility index (Phi) is 3.67. The van der Waals surface area contributed by atoms with E-state index in [4.69, 9.17) is 4.74 Å². The maximum Gasteiger partial charge on any atom is 0.325 e. The molecule has 9 heteroatoms. The number of H-pyrrole nitrogens is 2. The second kappa shape index (κ2) is 5.79. The Morgan fingerprint density at radius 2 is 2.00 bits per heavy atom. The Hall–Kier alpha value is -3.36. The van der Waals surface area contributed by atoms with Crippen LogP contribution in [0.4, 0.5) is 11.4 Å². The fourth-order valence-electron chi connectivity index (χ4n) is 2.15. The lowest BCUT2D eigenvalue weighted by molar-refractivity contribution is -0.118. The zero-order valence-corrected chi connectivity index (χ0v) is 11.8. The van der Waals surface area contributed by atoms with E-state index in [9.17, 15) is 19.2 Å². The van der Waals surface area contributed by atoms with Crippen molar-refractivity contribution in [2.45, 2.75) is 6.42 Å². The van der Waals surface area contributed by atoms with Crippen LogP contribution in [0.3, 0.4) is 0 Å². The first kappa shape index (κ1) is 14.6. The third-order valence-electron chi connectivity index (χ3n) is 3.06. The van der Waals surface area contributed by atoms with E-state index in [2.05, 4.69) is 15.6 Å². The predicted molar refractivity (Wildman–Crippen MR) is 80.6 cm³/mol. The number of fused-ring (bicyclic) bond motifs is 1. The molecule has 1 aliphatic rings. The van der Waals surface area contributed by atoms with Crippen LogP contribution in [0.15, 0.2) is 33.9 Å². The summed E-state index contributed by atoms with van der Waals surface area (Å²) in [5.74, 6) is -0.183. The summed E-state index contributed by atoms with van der Waals surface area (Å²) in [4.78, 5) is 50.0. The highest BCUT2D eigenvalue weighted by molar-refractivity contribution is 5.97. The predicted octanol–water partition coefficient (Wildman–Crippen LogP) is -0.425. The molecule has 118 valence electrons. The van der Waals surface area contributed by atoms with Gasteiger partial charge < -0.3 is 20.4 Å². The van der Waals surface area contributed by atoms with Crippen molar-refractivity contribution >= 4 is 23.2 Å². The van der Waals surface area contributed by atoms with Gasteiger partial charge in [0.2, 0.25) is 5.91 Å². The number of aromatic nitrogens is 2. The summed E-state index contributed by atoms with van der Waals surface area (Å²) in [5.41, 5.74) is -0.139. The summed E-state index contributed by atoms with van der Waals surface area (Å²) in [5, 5.41) is 5.24. The normalized spacial score (nSPS) is 12.8. The molecule has 0 atom stereocenters. The van der Waals surface area contributed by atoms with E-state index in [1.807, 2.05) is 4.98 Å². The molecule has 23 heavy (non-hydrogen) atoms. The Labute approximate surface area is 128 Å². The van der Waals surface area contributed by atoms with E-state index < -0.39 is 17.2 Å². The number of rotatable bonds is 3. The average Bonchev–Trinajstić information content (AvgIpc) is 2.45. The maximum absolute atomic E-state index is 12.0. The number of amides is 2. The molecule has 4 N–H and O–H groups in total. The van der Waals surface area contributed by atoms with Crippen LogP contribution in [-0.4, -0.2) is 28.4 Å². The van der Waals surface area contributed by atoms with E-state index in [1.165, 1.54) is 0 Å². The molecule has 2 aromatic rings. The van der Waals surface area contributed by atoms with Crippen LogP contribution in [0.1, 0.15) is 5.69 Å². The van der Waals surface area contributed by atoms with Crippen molar-refractivity contribution in [3.05, 3.63) is 50.8 Å². The van der Waals surface area contributed by atoms with Crippen LogP contribution in [0.2, 0.25) is 0 Å². The number of nitrogens with one attached hydrogen (secondary N) is 4. The molecule has 1 aromatic carbocycles. The number of carbonyl (C=O) groups excluding carboxylic acids is 2. The van der Waals surface area contributed by atoms with Crippen LogP contribution >= 0.6 is 0 Å². The molecular weight excluding hydrogens is 304 g/mol. The Morgan fingerprint density at radius 3 is 2.78 bits per heavy atom. The van der Waals surface area contributed by atoms with Crippen molar-refractivity contribution in [1.82, 2.24) is 9.97 Å². The molecule has 0 spiro atoms. The smallest absolute Gasteiger partial charge is 0.325 e. The fourth-order valence-corrected chi connectivity index (χ4v) is 2.15. The molecule has 0 radical (unpaired) electrons. The van der Waals surface area contributed by atoms with E-state index >= 15 is 0 Å². The van der Waals surface area contributed by atoms with Crippen molar-refractivity contribution < 1.29 is 14.3 Å². The highest BCUT2D eigenvalue weighted by Crippen LogP contribution is 2.30. The van der Waals surface area contributed by atoms with Crippen LogP contribution < -0.4 is 26.6 Å². The number of aromatic amines is 2. The van der Waals surface area contributed by atoms with Gasteiger partial charge in [0.25, 0.3) is 11.5 Å². The number of ether oxygens (including phenoxy) is 1. The summed E-state index contributed by atoms with van der Waals surface area (Å²) in [6.07, 6.45) is -0.168. The number of carbonyl (C=O) groups is 2. The van der Waals surface area contributed by atoms with E-state index in [0.717, 1.165) is 6.07 Å². The molecule has 2 amide bonds. The molecule has 1 aliphatic heterocycles. The zero-order valence-electron chi connectivity index (χ0n) is 11.8. The number of benzene rings is 1. The highest BCUT2D eigenvalue weighted by atomic mass is 16.5. The van der Waals surface area contributed by atoms with Crippen LogP contribution in [0.5, 0.6) is 5.75 Å². The first-order valence-electron chi connectivity index (χ1n) is 6.69. The molecule has 2 heterocycles. The van der Waals surface area contributed by atoms with Crippen LogP contribution in [0, 0.1) is 0 Å². The topological polar surface area (TPSA) is 133 Å². The van der Waals surface area contributed by atoms with Gasteiger partial charge in [-0.15, -0.1) is 0 Å². The summed E-state index contributed by atoms with van der Waals surface area (Å²) >= 11 is 0. The van der Waals surface area contributed by atoms with Crippen molar-refractivity contribution in [2.24, 2.45) is 0 Å². The molecule has 0 saturated carbocycles. The second-order valence-corrected chi connectivity index (χ2v) is 4.89. The lowest BCUT2D eigenvalue weighted by atomic mass is 10.2. The maximum atomic E-state index is 12.0. The molecule has 9 nitrogen and oxygen atoms in total. The van der Waals surface area contributed by atoms with Gasteiger partial charge in [-0.05, 0) is 18.2 Å². The number of hydrogen-bond donors (Lipinski definition) is 4. The van der Waals surface area contributed by atoms with Crippen molar-refractivity contribution in [3.8, 4) is 5.75 Å². The molecule has 1 aromatic heterocycles. The van der Waals surface area contributed by atoms with Gasteiger partial charge in [0.1, 0.15) is 5.75 Å². The molecule has 3 rings (SSSR count). The first-order chi connectivity index (χ1) is 11.0. The number of hydrogen-bond acceptors (Lipinski definition) is 5. The third kappa shape index (κ3) is 3.46. The molecule has 0 fully saturated rings. The van der Waals surface area contributed by atoms with Gasteiger partial charge in [-0.25, -0.2) is 4.79 Å². The minimum absolute atomic E-state index is 0.0470. The fraction of sp³-hybridized carbons (Fsp3) is 0.143. The standard InChI is InChI=1S/C14H12N4O5/c19-11(4-8-5-12(20)18-14(22)16-8)15-7-1-2-10-9(3-7)17-13(21)6-23-10/h1-3,5H,4,6H2,(H,15,19)(H,17,21)(H2,16,18,20,22). The summed E-state index contributed by atoms with van der Waals surface area (Å²) < 4.78 is 5.22. The third-order valence-corrected chi connectivity index (χ3v) is 3.06. The summed E-state index contributed by atoms with van der Waals surface area (Å²) in [6, 6.07) is 5.95. The minimum Gasteiger partial charge on any atom is -0.482 e. The lowest BCUT2D eigenvalue weighted by Gasteiger charge is -2.18. The Balaban J connectivity index is 1.73. The monoisotopic (exact) mass is 316 g/mol. The lowest BCUT2D eigenvalue weighted by Crippen LogP contribution is -2.26. The Morgan fingerprint density at radius 1 is 1.17 bits per heavy atom. The van der Waals surface area contributed by atoms with Crippen molar-refractivity contribution in [2.75, 3.05) is 17.2 Å². The molecular formula is C14H12N4O5. The SMILES string of the molecule is O=C(Cc1cc(=O)[nH]c(=O)[nH]1)Nc1ccc2c(c1)NC(=O)CO2. The molecule has 0 unspecified atom stereocenters. The van der Waals surface area contributed by atoms with Gasteiger partial charge in [-0.2, -0.15) is 0 Å². The van der Waals surface area contributed by atoms with E-state index in [1.54, 1.807) is 18.2 Å². The second-order valence-electron chi connectivity index (χ2n) is 4.89. The van der Waals surface area contributed by atoms with Gasteiger partial charge in [-0.1, -0.05) is 0 Å². The first-order valence-corrected chi connectivity index (χ1v) is 6.69. The minimum atomic E-state index is -0.672. The van der Waals surface area contributed by atoms with Gasteiger partial charge in [0.15, 0.2) is 6.61 Å².